The summed E-state index contributed by atoms with van der Waals surface area (Å²) in [6, 6.07) is 0.158. The van der Waals surface area contributed by atoms with Crippen molar-refractivity contribution in [3.05, 3.63) is 0 Å². The van der Waals surface area contributed by atoms with Gasteiger partial charge in [-0.15, -0.1) is 0 Å². The average molecular weight is 377 g/mol. The van der Waals surface area contributed by atoms with Crippen LogP contribution in [0.3, 0.4) is 0 Å². The molecule has 0 saturated carbocycles. The summed E-state index contributed by atoms with van der Waals surface area (Å²) in [5.41, 5.74) is -0.626. The first-order chi connectivity index (χ1) is 12.9. The fourth-order valence-corrected chi connectivity index (χ4v) is 5.94. The van der Waals surface area contributed by atoms with Gasteiger partial charge in [0.25, 0.3) is 0 Å². The van der Waals surface area contributed by atoms with Gasteiger partial charge in [-0.3, -0.25) is 9.59 Å². The van der Waals surface area contributed by atoms with Crippen molar-refractivity contribution in [2.45, 2.75) is 46.0 Å². The molecule has 7 nitrogen and oxygen atoms in total. The van der Waals surface area contributed by atoms with Crippen LogP contribution in [-0.2, 0) is 9.59 Å². The third-order valence-electron chi connectivity index (χ3n) is 7.67. The van der Waals surface area contributed by atoms with Crippen LogP contribution in [0.25, 0.3) is 0 Å². The predicted octanol–water partition coefficient (Wildman–Crippen LogP) is 1.39. The van der Waals surface area contributed by atoms with Crippen LogP contribution in [0.15, 0.2) is 0 Å². The second-order valence-electron chi connectivity index (χ2n) is 8.84. The van der Waals surface area contributed by atoms with Crippen LogP contribution in [0.1, 0.15) is 46.0 Å². The summed E-state index contributed by atoms with van der Waals surface area (Å²) < 4.78 is 0. The molecule has 0 bridgehead atoms. The van der Waals surface area contributed by atoms with Gasteiger partial charge in [-0.2, -0.15) is 0 Å². The number of carbonyl (C=O) groups excluding carboxylic acids is 3. The molecule has 0 aromatic heterocycles. The minimum atomic E-state index is -0.447. The Morgan fingerprint density at radius 1 is 0.889 bits per heavy atom. The SMILES string of the molecule is CCN1CC[C@]2(CN(C(C)=O)CC23CCN(C(=O)N2CCCC2)CC3)C1=O. The fourth-order valence-electron chi connectivity index (χ4n) is 5.94. The molecule has 4 saturated heterocycles. The lowest BCUT2D eigenvalue weighted by molar-refractivity contribution is -0.142. The number of carbonyl (C=O) groups is 3. The van der Waals surface area contributed by atoms with Crippen molar-refractivity contribution in [2.75, 3.05) is 52.4 Å². The Bertz CT molecular complexity index is 637. The first-order valence-corrected chi connectivity index (χ1v) is 10.5. The van der Waals surface area contributed by atoms with Crippen molar-refractivity contribution in [1.82, 2.24) is 19.6 Å². The van der Waals surface area contributed by atoms with Crippen LogP contribution in [0.5, 0.6) is 0 Å². The molecule has 4 rings (SSSR count). The van der Waals surface area contributed by atoms with Gasteiger partial charge in [0.15, 0.2) is 0 Å². The van der Waals surface area contributed by atoms with Gasteiger partial charge < -0.3 is 19.6 Å². The van der Waals surface area contributed by atoms with E-state index in [1.54, 1.807) is 6.92 Å². The maximum absolute atomic E-state index is 13.3. The van der Waals surface area contributed by atoms with Gasteiger partial charge in [-0.25, -0.2) is 4.79 Å². The Morgan fingerprint density at radius 2 is 1.52 bits per heavy atom. The number of hydrogen-bond acceptors (Lipinski definition) is 3. The molecule has 2 spiro atoms. The minimum Gasteiger partial charge on any atom is -0.342 e. The maximum atomic E-state index is 13.3. The summed E-state index contributed by atoms with van der Waals surface area (Å²) in [6.45, 7) is 9.50. The fraction of sp³-hybridized carbons (Fsp3) is 0.850. The molecule has 1 atom stereocenters. The topological polar surface area (TPSA) is 64.2 Å². The second kappa shape index (κ2) is 6.67. The van der Waals surface area contributed by atoms with E-state index in [0.29, 0.717) is 26.2 Å². The van der Waals surface area contributed by atoms with Crippen molar-refractivity contribution in [3.63, 3.8) is 0 Å². The molecule has 4 aliphatic rings. The summed E-state index contributed by atoms with van der Waals surface area (Å²) in [5.74, 6) is 0.289. The van der Waals surface area contributed by atoms with Crippen LogP contribution in [0, 0.1) is 10.8 Å². The minimum absolute atomic E-state index is 0.0598. The van der Waals surface area contributed by atoms with Gasteiger partial charge in [0.2, 0.25) is 11.8 Å². The van der Waals surface area contributed by atoms with E-state index in [-0.39, 0.29) is 23.3 Å². The molecular weight excluding hydrogens is 344 g/mol. The van der Waals surface area contributed by atoms with E-state index in [0.717, 1.165) is 58.3 Å². The van der Waals surface area contributed by atoms with Crippen molar-refractivity contribution in [3.8, 4) is 0 Å². The third kappa shape index (κ3) is 2.72. The number of fused-ring (bicyclic) bond motifs is 1. The summed E-state index contributed by atoms with van der Waals surface area (Å²) in [7, 11) is 0. The Balaban J connectivity index is 1.54. The molecule has 4 fully saturated rings. The molecule has 0 unspecified atom stereocenters. The van der Waals surface area contributed by atoms with Gasteiger partial charge in [0, 0.05) is 64.7 Å². The van der Waals surface area contributed by atoms with Gasteiger partial charge in [0.1, 0.15) is 0 Å². The van der Waals surface area contributed by atoms with Gasteiger partial charge in [-0.05, 0) is 39.0 Å². The molecule has 4 heterocycles. The molecule has 27 heavy (non-hydrogen) atoms. The van der Waals surface area contributed by atoms with Crippen molar-refractivity contribution < 1.29 is 14.4 Å². The molecule has 7 heteroatoms. The number of nitrogens with zero attached hydrogens (tertiary/aromatic N) is 4. The molecule has 4 amide bonds. The zero-order chi connectivity index (χ0) is 19.2. The highest BCUT2D eigenvalue weighted by molar-refractivity contribution is 5.88. The van der Waals surface area contributed by atoms with E-state index in [9.17, 15) is 14.4 Å². The van der Waals surface area contributed by atoms with Crippen LogP contribution in [-0.4, -0.2) is 89.8 Å². The van der Waals surface area contributed by atoms with Gasteiger partial charge in [0.05, 0.1) is 5.41 Å². The maximum Gasteiger partial charge on any atom is 0.319 e. The molecular formula is C20H32N4O3. The van der Waals surface area contributed by atoms with Crippen molar-refractivity contribution in [2.24, 2.45) is 10.8 Å². The smallest absolute Gasteiger partial charge is 0.319 e. The lowest BCUT2D eigenvalue weighted by Crippen LogP contribution is -2.55. The monoisotopic (exact) mass is 376 g/mol. The average Bonchev–Trinajstić information content (AvgIpc) is 3.37. The molecule has 0 aliphatic carbocycles. The summed E-state index contributed by atoms with van der Waals surface area (Å²) >= 11 is 0. The van der Waals surface area contributed by atoms with Gasteiger partial charge in [-0.1, -0.05) is 0 Å². The van der Waals surface area contributed by atoms with Crippen LogP contribution >= 0.6 is 0 Å². The summed E-state index contributed by atoms with van der Waals surface area (Å²) in [5, 5.41) is 0. The highest BCUT2D eigenvalue weighted by Gasteiger charge is 2.65. The van der Waals surface area contributed by atoms with E-state index in [4.69, 9.17) is 0 Å². The lowest BCUT2D eigenvalue weighted by atomic mass is 9.60. The van der Waals surface area contributed by atoms with E-state index in [1.807, 2.05) is 26.5 Å². The number of urea groups is 1. The predicted molar refractivity (Wildman–Crippen MR) is 101 cm³/mol. The number of rotatable bonds is 1. The first kappa shape index (κ1) is 18.6. The Hall–Kier alpha value is -1.79. The highest BCUT2D eigenvalue weighted by atomic mass is 16.2. The Labute approximate surface area is 161 Å². The standard InChI is InChI=1S/C20H32N4O3/c1-3-21-13-8-20(17(21)26)15-24(16(2)25)14-19(20)6-11-23(12-7-19)18(27)22-9-4-5-10-22/h3-15H2,1-2H3/t20-/m0/s1. The van der Waals surface area contributed by atoms with Crippen LogP contribution < -0.4 is 0 Å². The van der Waals surface area contributed by atoms with E-state index in [1.165, 1.54) is 0 Å². The zero-order valence-corrected chi connectivity index (χ0v) is 16.7. The van der Waals surface area contributed by atoms with E-state index >= 15 is 0 Å². The number of hydrogen-bond donors (Lipinski definition) is 0. The zero-order valence-electron chi connectivity index (χ0n) is 16.7. The van der Waals surface area contributed by atoms with Crippen molar-refractivity contribution >= 4 is 17.8 Å². The van der Waals surface area contributed by atoms with E-state index < -0.39 is 5.41 Å². The first-order valence-electron chi connectivity index (χ1n) is 10.5. The third-order valence-corrected chi connectivity index (χ3v) is 7.67. The normalized spacial score (nSPS) is 30.2. The summed E-state index contributed by atoms with van der Waals surface area (Å²) in [4.78, 5) is 46.0. The lowest BCUT2D eigenvalue weighted by Gasteiger charge is -2.47. The quantitative estimate of drug-likeness (QED) is 0.695. The Kier molecular flexibility index (Phi) is 4.59. The van der Waals surface area contributed by atoms with Crippen molar-refractivity contribution in [1.29, 1.82) is 0 Å². The molecule has 0 N–H and O–H groups in total. The number of piperidine rings is 1. The molecule has 0 radical (unpaired) electrons. The molecule has 150 valence electrons. The molecule has 0 aromatic carbocycles. The largest absolute Gasteiger partial charge is 0.342 e. The molecule has 4 aliphatic heterocycles. The number of amides is 4. The Morgan fingerprint density at radius 3 is 2.07 bits per heavy atom. The number of likely N-dealkylation sites (tertiary alicyclic amines) is 4. The second-order valence-corrected chi connectivity index (χ2v) is 8.84. The molecule has 0 aromatic rings. The highest BCUT2D eigenvalue weighted by Crippen LogP contribution is 2.57. The summed E-state index contributed by atoms with van der Waals surface area (Å²) in [6.07, 6.45) is 4.67. The van der Waals surface area contributed by atoms with Crippen LogP contribution in [0.4, 0.5) is 4.79 Å². The van der Waals surface area contributed by atoms with Gasteiger partial charge >= 0.3 is 6.03 Å². The van der Waals surface area contributed by atoms with E-state index in [2.05, 4.69) is 0 Å². The van der Waals surface area contributed by atoms with Crippen LogP contribution in [0.2, 0.25) is 0 Å².